The molecular weight excluding hydrogens is 234 g/mol. The van der Waals surface area contributed by atoms with Gasteiger partial charge < -0.3 is 5.73 Å². The summed E-state index contributed by atoms with van der Waals surface area (Å²) in [7, 11) is 0. The number of nitrogens with two attached hydrogens (primary N) is 1. The summed E-state index contributed by atoms with van der Waals surface area (Å²) in [6.45, 7) is 1.86. The van der Waals surface area contributed by atoms with E-state index in [1.165, 1.54) is 4.68 Å². The van der Waals surface area contributed by atoms with Gasteiger partial charge in [-0.2, -0.15) is 0 Å². The Balaban J connectivity index is 2.40. The van der Waals surface area contributed by atoms with Crippen molar-refractivity contribution in [2.24, 2.45) is 11.7 Å². The van der Waals surface area contributed by atoms with Crippen molar-refractivity contribution >= 4 is 17.2 Å². The first-order chi connectivity index (χ1) is 7.52. The second-order valence-electron chi connectivity index (χ2n) is 4.01. The van der Waals surface area contributed by atoms with Crippen molar-refractivity contribution in [3.8, 4) is 0 Å². The molecule has 1 unspecified atom stereocenters. The highest BCUT2D eigenvalue weighted by atomic mass is 32.1. The van der Waals surface area contributed by atoms with Crippen molar-refractivity contribution in [3.05, 3.63) is 11.4 Å². The molecule has 2 N–H and O–H groups in total. The molecule has 1 atom stereocenters. The van der Waals surface area contributed by atoms with E-state index in [0.717, 1.165) is 12.8 Å². The molecule has 7 heteroatoms. The molecule has 0 spiro atoms. The molecule has 88 valence electrons. The molecule has 1 aromatic rings. The van der Waals surface area contributed by atoms with E-state index in [4.69, 9.17) is 5.73 Å². The van der Waals surface area contributed by atoms with Crippen LogP contribution < -0.4 is 5.73 Å². The van der Waals surface area contributed by atoms with Crippen LogP contribution in [0.15, 0.2) is 0 Å². The van der Waals surface area contributed by atoms with E-state index in [1.807, 2.05) is 6.92 Å². The van der Waals surface area contributed by atoms with Crippen molar-refractivity contribution in [2.75, 3.05) is 0 Å². The molecule has 2 rings (SSSR count). The van der Waals surface area contributed by atoms with Gasteiger partial charge in [-0.15, -0.1) is 5.10 Å². The van der Waals surface area contributed by atoms with Crippen molar-refractivity contribution in [2.45, 2.75) is 32.2 Å². The maximum Gasteiger partial charge on any atom is 0.282 e. The molecule has 0 amide bonds. The molecule has 1 fully saturated rings. The minimum atomic E-state index is -2.66. The first-order valence-corrected chi connectivity index (χ1v) is 5.46. The second kappa shape index (κ2) is 4.04. The third-order valence-corrected chi connectivity index (χ3v) is 3.05. The topological polar surface area (TPSA) is 56.7 Å². The maximum absolute atomic E-state index is 12.9. The molecule has 16 heavy (non-hydrogen) atoms. The normalized spacial score (nSPS) is 17.8. The highest BCUT2D eigenvalue weighted by Crippen LogP contribution is 2.40. The van der Waals surface area contributed by atoms with E-state index in [9.17, 15) is 8.78 Å². The van der Waals surface area contributed by atoms with Crippen LogP contribution in [0.5, 0.6) is 0 Å². The van der Waals surface area contributed by atoms with E-state index in [0.29, 0.717) is 5.92 Å². The van der Waals surface area contributed by atoms with Crippen molar-refractivity contribution < 1.29 is 8.78 Å². The molecule has 1 aromatic heterocycles. The van der Waals surface area contributed by atoms with E-state index >= 15 is 0 Å². The molecular formula is C9H12F2N4S. The summed E-state index contributed by atoms with van der Waals surface area (Å²) in [6.07, 6.45) is -0.564. The van der Waals surface area contributed by atoms with Gasteiger partial charge in [0.05, 0.1) is 6.04 Å². The summed E-state index contributed by atoms with van der Waals surface area (Å²) in [6, 6.07) is -0.0698. The fraction of sp³-hybridized carbons (Fsp3) is 0.667. The lowest BCUT2D eigenvalue weighted by Crippen LogP contribution is -2.17. The third kappa shape index (κ3) is 1.91. The Hall–Kier alpha value is -1.11. The molecule has 1 aliphatic carbocycles. The first-order valence-electron chi connectivity index (χ1n) is 5.05. The summed E-state index contributed by atoms with van der Waals surface area (Å²) in [5.74, 6) is 0.415. The average Bonchev–Trinajstić information content (AvgIpc) is 2.94. The lowest BCUT2D eigenvalue weighted by atomic mass is 10.2. The number of alkyl halides is 2. The minimum absolute atomic E-state index is 0.0579. The third-order valence-electron chi connectivity index (χ3n) is 2.86. The lowest BCUT2D eigenvalue weighted by molar-refractivity contribution is 0.135. The number of hydrogen-bond donors (Lipinski definition) is 1. The number of hydrogen-bond acceptors (Lipinski definition) is 3. The van der Waals surface area contributed by atoms with Crippen LogP contribution >= 0.6 is 12.2 Å². The van der Waals surface area contributed by atoms with E-state index in [1.54, 1.807) is 0 Å². The van der Waals surface area contributed by atoms with Crippen LogP contribution in [0.1, 0.15) is 43.6 Å². The van der Waals surface area contributed by atoms with Gasteiger partial charge in [0.1, 0.15) is 16.4 Å². The zero-order valence-electron chi connectivity index (χ0n) is 8.73. The molecule has 0 radical (unpaired) electrons. The van der Waals surface area contributed by atoms with Gasteiger partial charge in [-0.25, -0.2) is 13.5 Å². The summed E-state index contributed by atoms with van der Waals surface area (Å²) < 4.78 is 27.1. The van der Waals surface area contributed by atoms with Crippen LogP contribution in [0.4, 0.5) is 8.78 Å². The summed E-state index contributed by atoms with van der Waals surface area (Å²) in [4.78, 5) is -0.135. The Labute approximate surface area is 96.8 Å². The molecule has 4 nitrogen and oxygen atoms in total. The molecule has 0 saturated heterocycles. The molecule has 0 aromatic carbocycles. The van der Waals surface area contributed by atoms with Crippen molar-refractivity contribution in [1.82, 2.24) is 15.0 Å². The largest absolute Gasteiger partial charge is 0.388 e. The van der Waals surface area contributed by atoms with Gasteiger partial charge in [-0.1, -0.05) is 17.4 Å². The predicted octanol–water partition coefficient (Wildman–Crippen LogP) is 1.82. The Morgan fingerprint density at radius 3 is 2.62 bits per heavy atom. The fourth-order valence-corrected chi connectivity index (χ4v) is 1.90. The van der Waals surface area contributed by atoms with E-state index in [-0.39, 0.29) is 22.4 Å². The highest BCUT2D eigenvalue weighted by molar-refractivity contribution is 7.80. The average molecular weight is 246 g/mol. The zero-order valence-corrected chi connectivity index (χ0v) is 9.55. The highest BCUT2D eigenvalue weighted by Gasteiger charge is 2.34. The second-order valence-corrected chi connectivity index (χ2v) is 4.45. The Morgan fingerprint density at radius 2 is 2.19 bits per heavy atom. The van der Waals surface area contributed by atoms with Gasteiger partial charge in [0.15, 0.2) is 0 Å². The van der Waals surface area contributed by atoms with Crippen LogP contribution in [0, 0.1) is 5.92 Å². The molecule has 0 aliphatic heterocycles. The van der Waals surface area contributed by atoms with Crippen molar-refractivity contribution in [1.29, 1.82) is 0 Å². The molecule has 0 bridgehead atoms. The Kier molecular flexibility index (Phi) is 2.88. The van der Waals surface area contributed by atoms with Gasteiger partial charge in [-0.3, -0.25) is 0 Å². The molecule has 1 heterocycles. The van der Waals surface area contributed by atoms with Crippen molar-refractivity contribution in [3.63, 3.8) is 0 Å². The number of nitrogens with zero attached hydrogens (tertiary/aromatic N) is 3. The van der Waals surface area contributed by atoms with Crippen LogP contribution in [-0.4, -0.2) is 20.0 Å². The smallest absolute Gasteiger partial charge is 0.282 e. The van der Waals surface area contributed by atoms with Crippen LogP contribution in [0.25, 0.3) is 0 Å². The summed E-state index contributed by atoms with van der Waals surface area (Å²) in [5.41, 5.74) is 5.02. The SMILES string of the molecule is CC(C1CC1)n1nnc(C(N)=S)c1C(F)F. The zero-order chi connectivity index (χ0) is 11.9. The molecule has 1 saturated carbocycles. The number of aromatic nitrogens is 3. The number of thiocarbonyl (C=S) groups is 1. The monoisotopic (exact) mass is 246 g/mol. The van der Waals surface area contributed by atoms with Gasteiger partial charge >= 0.3 is 0 Å². The minimum Gasteiger partial charge on any atom is -0.388 e. The van der Waals surface area contributed by atoms with Gasteiger partial charge in [0, 0.05) is 0 Å². The van der Waals surface area contributed by atoms with Crippen LogP contribution in [0.3, 0.4) is 0 Å². The number of halogens is 2. The van der Waals surface area contributed by atoms with Gasteiger partial charge in [-0.05, 0) is 25.7 Å². The standard InChI is InChI=1S/C9H12F2N4S/c1-4(5-2-3-5)15-7(8(10)11)6(9(12)16)13-14-15/h4-5,8H,2-3H2,1H3,(H2,12,16). The lowest BCUT2D eigenvalue weighted by Gasteiger charge is -2.13. The predicted molar refractivity (Wildman–Crippen MR) is 58.3 cm³/mol. The number of rotatable bonds is 4. The van der Waals surface area contributed by atoms with Crippen LogP contribution in [-0.2, 0) is 0 Å². The Bertz CT molecular complexity index is 414. The molecule has 1 aliphatic rings. The van der Waals surface area contributed by atoms with Gasteiger partial charge in [0.25, 0.3) is 6.43 Å². The maximum atomic E-state index is 12.9. The van der Waals surface area contributed by atoms with Crippen LogP contribution in [0.2, 0.25) is 0 Å². The quantitative estimate of drug-likeness (QED) is 0.823. The fourth-order valence-electron chi connectivity index (χ4n) is 1.76. The summed E-state index contributed by atoms with van der Waals surface area (Å²) >= 11 is 4.68. The van der Waals surface area contributed by atoms with E-state index in [2.05, 4.69) is 22.5 Å². The van der Waals surface area contributed by atoms with Gasteiger partial charge in [0.2, 0.25) is 0 Å². The van der Waals surface area contributed by atoms with E-state index < -0.39 is 6.43 Å². The Morgan fingerprint density at radius 1 is 1.56 bits per heavy atom. The summed E-state index contributed by atoms with van der Waals surface area (Å²) in [5, 5.41) is 7.37. The first kappa shape index (κ1) is 11.4.